The van der Waals surface area contributed by atoms with Crippen LogP contribution in [0.4, 0.5) is 4.39 Å². The van der Waals surface area contributed by atoms with Crippen molar-refractivity contribution in [2.24, 2.45) is 0 Å². The van der Waals surface area contributed by atoms with Gasteiger partial charge in [-0.3, -0.25) is 14.6 Å². The Morgan fingerprint density at radius 1 is 0.946 bits per heavy atom. The fourth-order valence-corrected chi connectivity index (χ4v) is 5.42. The molecule has 3 atom stereocenters. The number of phenolic OH excluding ortho intramolecular Hbond substituents is 1. The highest BCUT2D eigenvalue weighted by Crippen LogP contribution is 2.35. The van der Waals surface area contributed by atoms with Gasteiger partial charge in [-0.05, 0) is 69.2 Å². The average molecular weight is 504 g/mol. The van der Waals surface area contributed by atoms with Gasteiger partial charge < -0.3 is 10.0 Å². The summed E-state index contributed by atoms with van der Waals surface area (Å²) in [7, 11) is 0. The van der Waals surface area contributed by atoms with Crippen LogP contribution in [0.3, 0.4) is 0 Å². The first-order valence-corrected chi connectivity index (χ1v) is 13.2. The summed E-state index contributed by atoms with van der Waals surface area (Å²) in [5.41, 5.74) is 3.47. The zero-order valence-electron chi connectivity index (χ0n) is 22.3. The lowest BCUT2D eigenvalue weighted by atomic mass is 9.92. The SMILES string of the molecule is CCN(CC)C(=O)c1ccc([C@@H](c2cccc(O)c2)N2C[C@@H](C)N(Cc3ccccc3F)C[C@@H]2C)cc1. The summed E-state index contributed by atoms with van der Waals surface area (Å²) >= 11 is 0. The van der Waals surface area contributed by atoms with Crippen molar-refractivity contribution >= 4 is 5.91 Å². The Balaban J connectivity index is 1.62. The third-order valence-electron chi connectivity index (χ3n) is 7.54. The molecule has 6 heteroatoms. The quantitative estimate of drug-likeness (QED) is 0.429. The smallest absolute Gasteiger partial charge is 0.253 e. The number of hydrogen-bond donors (Lipinski definition) is 1. The second-order valence-corrected chi connectivity index (χ2v) is 10.0. The number of nitrogens with zero attached hydrogens (tertiary/aromatic N) is 3. The molecule has 0 spiro atoms. The third kappa shape index (κ3) is 6.03. The molecule has 0 unspecified atom stereocenters. The molecule has 1 aliphatic heterocycles. The molecule has 1 N–H and O–H groups in total. The minimum atomic E-state index is -0.165. The van der Waals surface area contributed by atoms with E-state index in [1.165, 1.54) is 6.07 Å². The Morgan fingerprint density at radius 3 is 2.30 bits per heavy atom. The lowest BCUT2D eigenvalue weighted by Gasteiger charge is -2.47. The van der Waals surface area contributed by atoms with E-state index < -0.39 is 0 Å². The number of rotatable bonds is 8. The Kier molecular flexibility index (Phi) is 8.62. The van der Waals surface area contributed by atoms with Gasteiger partial charge in [0.1, 0.15) is 11.6 Å². The van der Waals surface area contributed by atoms with E-state index in [1.54, 1.807) is 12.1 Å². The van der Waals surface area contributed by atoms with Crippen molar-refractivity contribution < 1.29 is 14.3 Å². The van der Waals surface area contributed by atoms with Crippen molar-refractivity contribution in [1.29, 1.82) is 0 Å². The van der Waals surface area contributed by atoms with Gasteiger partial charge >= 0.3 is 0 Å². The standard InChI is InChI=1S/C31H38FN3O2/c1-5-33(6-2)31(37)25-16-14-24(15-17-25)30(26-11-9-12-28(36)18-26)35-20-22(3)34(19-23(35)4)21-27-10-7-8-13-29(27)32/h7-18,22-23,30,36H,5-6,19-21H2,1-4H3/t22-,23+,30+/m1/s1. The second kappa shape index (κ2) is 11.9. The van der Waals surface area contributed by atoms with Gasteiger partial charge in [0.15, 0.2) is 0 Å². The van der Waals surface area contributed by atoms with Gasteiger partial charge in [0.2, 0.25) is 0 Å². The van der Waals surface area contributed by atoms with E-state index in [1.807, 2.05) is 73.3 Å². The molecule has 0 saturated carbocycles. The molecule has 0 aliphatic carbocycles. The minimum Gasteiger partial charge on any atom is -0.508 e. The normalized spacial score (nSPS) is 19.5. The fraction of sp³-hybridized carbons (Fsp3) is 0.387. The number of halogens is 1. The average Bonchev–Trinajstić information content (AvgIpc) is 2.89. The van der Waals surface area contributed by atoms with Crippen LogP contribution >= 0.6 is 0 Å². The first kappa shape index (κ1) is 26.8. The van der Waals surface area contributed by atoms with Gasteiger partial charge in [-0.25, -0.2) is 4.39 Å². The van der Waals surface area contributed by atoms with Gasteiger partial charge in [0.05, 0.1) is 6.04 Å². The van der Waals surface area contributed by atoms with Crippen molar-refractivity contribution in [2.75, 3.05) is 26.2 Å². The summed E-state index contributed by atoms with van der Waals surface area (Å²) in [6.07, 6.45) is 0. The minimum absolute atomic E-state index is 0.0363. The predicted molar refractivity (Wildman–Crippen MR) is 146 cm³/mol. The molecule has 0 bridgehead atoms. The van der Waals surface area contributed by atoms with Crippen LogP contribution in [0.2, 0.25) is 0 Å². The van der Waals surface area contributed by atoms with Crippen molar-refractivity contribution in [3.8, 4) is 5.75 Å². The number of amides is 1. The van der Waals surface area contributed by atoms with Crippen LogP contribution in [0.1, 0.15) is 60.8 Å². The fourth-order valence-electron chi connectivity index (χ4n) is 5.42. The molecule has 0 aromatic heterocycles. The van der Waals surface area contributed by atoms with Crippen molar-refractivity contribution in [3.05, 3.63) is 101 Å². The number of benzene rings is 3. The summed E-state index contributed by atoms with van der Waals surface area (Å²) in [5, 5.41) is 10.3. The van der Waals surface area contributed by atoms with Gasteiger partial charge in [-0.2, -0.15) is 0 Å². The van der Waals surface area contributed by atoms with E-state index in [4.69, 9.17) is 0 Å². The first-order chi connectivity index (χ1) is 17.8. The number of piperazine rings is 1. The molecule has 1 saturated heterocycles. The molecule has 5 nitrogen and oxygen atoms in total. The zero-order chi connectivity index (χ0) is 26.5. The lowest BCUT2D eigenvalue weighted by molar-refractivity contribution is 0.0190. The van der Waals surface area contributed by atoms with Crippen LogP contribution in [0.5, 0.6) is 5.75 Å². The van der Waals surface area contributed by atoms with Gasteiger partial charge in [0.25, 0.3) is 5.91 Å². The summed E-state index contributed by atoms with van der Waals surface area (Å²) < 4.78 is 14.4. The summed E-state index contributed by atoms with van der Waals surface area (Å²) in [6, 6.07) is 22.6. The molecule has 37 heavy (non-hydrogen) atoms. The van der Waals surface area contributed by atoms with Crippen LogP contribution in [0.15, 0.2) is 72.8 Å². The van der Waals surface area contributed by atoms with E-state index in [0.29, 0.717) is 30.8 Å². The highest BCUT2D eigenvalue weighted by molar-refractivity contribution is 5.94. The molecule has 1 aliphatic rings. The van der Waals surface area contributed by atoms with Gasteiger partial charge in [0, 0.05) is 55.9 Å². The molecule has 1 fully saturated rings. The summed E-state index contributed by atoms with van der Waals surface area (Å²) in [6.45, 7) is 11.9. The summed E-state index contributed by atoms with van der Waals surface area (Å²) in [5.74, 6) is 0.102. The summed E-state index contributed by atoms with van der Waals surface area (Å²) in [4.78, 5) is 19.5. The molecular formula is C31H38FN3O2. The molecule has 1 heterocycles. The first-order valence-electron chi connectivity index (χ1n) is 13.2. The van der Waals surface area contributed by atoms with E-state index in [2.05, 4.69) is 23.6 Å². The van der Waals surface area contributed by atoms with E-state index in [-0.39, 0.29) is 35.6 Å². The van der Waals surface area contributed by atoms with E-state index >= 15 is 0 Å². The van der Waals surface area contributed by atoms with Crippen LogP contribution in [0.25, 0.3) is 0 Å². The monoisotopic (exact) mass is 503 g/mol. The molecule has 0 radical (unpaired) electrons. The van der Waals surface area contributed by atoms with Gasteiger partial charge in [-0.1, -0.05) is 42.5 Å². The zero-order valence-corrected chi connectivity index (χ0v) is 22.3. The van der Waals surface area contributed by atoms with Crippen LogP contribution in [-0.2, 0) is 6.54 Å². The van der Waals surface area contributed by atoms with Crippen molar-refractivity contribution in [2.45, 2.75) is 52.4 Å². The number of phenols is 1. The maximum Gasteiger partial charge on any atom is 0.253 e. The molecule has 3 aromatic rings. The van der Waals surface area contributed by atoms with Crippen LogP contribution in [-0.4, -0.2) is 64.0 Å². The maximum atomic E-state index is 14.4. The Bertz CT molecular complexity index is 1200. The van der Waals surface area contributed by atoms with Crippen LogP contribution < -0.4 is 0 Å². The third-order valence-corrected chi connectivity index (χ3v) is 7.54. The Labute approximate surface area is 220 Å². The number of carbonyl (C=O) groups is 1. The predicted octanol–water partition coefficient (Wildman–Crippen LogP) is 5.70. The molecule has 1 amide bonds. The molecule has 3 aromatic carbocycles. The second-order valence-electron chi connectivity index (χ2n) is 10.0. The van der Waals surface area contributed by atoms with Crippen LogP contribution in [0, 0.1) is 5.82 Å². The maximum absolute atomic E-state index is 14.4. The number of carbonyl (C=O) groups excluding carboxylic acids is 1. The Hall–Kier alpha value is -3.22. The highest BCUT2D eigenvalue weighted by atomic mass is 19.1. The molecule has 4 rings (SSSR count). The van der Waals surface area contributed by atoms with E-state index in [0.717, 1.165) is 24.2 Å². The van der Waals surface area contributed by atoms with E-state index in [9.17, 15) is 14.3 Å². The topological polar surface area (TPSA) is 47.0 Å². The number of hydrogen-bond acceptors (Lipinski definition) is 4. The van der Waals surface area contributed by atoms with Gasteiger partial charge in [-0.15, -0.1) is 0 Å². The van der Waals surface area contributed by atoms with Crippen molar-refractivity contribution in [1.82, 2.24) is 14.7 Å². The lowest BCUT2D eigenvalue weighted by Crippen LogP contribution is -2.56. The molecule has 196 valence electrons. The molecular weight excluding hydrogens is 465 g/mol. The number of aromatic hydroxyl groups is 1. The Morgan fingerprint density at radius 2 is 1.65 bits per heavy atom. The highest BCUT2D eigenvalue weighted by Gasteiger charge is 2.35. The van der Waals surface area contributed by atoms with Crippen molar-refractivity contribution in [3.63, 3.8) is 0 Å². The largest absolute Gasteiger partial charge is 0.508 e.